The van der Waals surface area contributed by atoms with Crippen molar-refractivity contribution < 1.29 is 14.7 Å². The van der Waals surface area contributed by atoms with Crippen LogP contribution >= 0.6 is 0 Å². The van der Waals surface area contributed by atoms with E-state index in [9.17, 15) is 9.59 Å². The van der Waals surface area contributed by atoms with Crippen LogP contribution in [0, 0.1) is 11.3 Å². The smallest absolute Gasteiger partial charge is 0.327 e. The zero-order valence-corrected chi connectivity index (χ0v) is 14.8. The lowest BCUT2D eigenvalue weighted by Crippen LogP contribution is -2.13. The second-order valence-electron chi connectivity index (χ2n) is 7.37. The van der Waals surface area contributed by atoms with Crippen molar-refractivity contribution >= 4 is 12.3 Å². The van der Waals surface area contributed by atoms with Gasteiger partial charge in [-0.3, -0.25) is 0 Å². The number of hydrogen-bond acceptors (Lipinski definition) is 2. The van der Waals surface area contributed by atoms with E-state index in [1.54, 1.807) is 0 Å². The summed E-state index contributed by atoms with van der Waals surface area (Å²) in [6.45, 7) is 1.99. The summed E-state index contributed by atoms with van der Waals surface area (Å²) in [5.41, 5.74) is 0.170. The molecule has 0 aliphatic heterocycles. The van der Waals surface area contributed by atoms with Gasteiger partial charge in [0.05, 0.1) is 0 Å². The minimum absolute atomic E-state index is 0.170. The Morgan fingerprint density at radius 2 is 1.61 bits per heavy atom. The molecule has 1 rings (SSSR count). The quantitative estimate of drug-likeness (QED) is 0.275. The van der Waals surface area contributed by atoms with Crippen LogP contribution in [-0.4, -0.2) is 17.4 Å². The van der Waals surface area contributed by atoms with Crippen LogP contribution < -0.4 is 0 Å². The van der Waals surface area contributed by atoms with E-state index in [0.717, 1.165) is 32.0 Å². The third-order valence-electron chi connectivity index (χ3n) is 5.25. The zero-order chi connectivity index (χ0) is 17.0. The Morgan fingerprint density at radius 3 is 2.17 bits per heavy atom. The van der Waals surface area contributed by atoms with Crippen molar-refractivity contribution in [3.63, 3.8) is 0 Å². The van der Waals surface area contributed by atoms with Gasteiger partial charge in [0, 0.05) is 12.0 Å². The van der Waals surface area contributed by atoms with Crippen molar-refractivity contribution in [2.24, 2.45) is 11.3 Å². The van der Waals surface area contributed by atoms with E-state index in [-0.39, 0.29) is 11.3 Å². The van der Waals surface area contributed by atoms with Crippen molar-refractivity contribution in [3.8, 4) is 0 Å². The maximum Gasteiger partial charge on any atom is 0.327 e. The standard InChI is InChI=1S/C20H34O3/c1-18(17-21)11-7-5-3-2-4-6-8-13-20(14-9-10-15-20)16-12-19(22)23/h12,16-18H,2-11,13-15H2,1H3,(H,22,23). The summed E-state index contributed by atoms with van der Waals surface area (Å²) < 4.78 is 0. The van der Waals surface area contributed by atoms with Crippen molar-refractivity contribution in [1.82, 2.24) is 0 Å². The highest BCUT2D eigenvalue weighted by atomic mass is 16.4. The van der Waals surface area contributed by atoms with Gasteiger partial charge in [-0.2, -0.15) is 0 Å². The van der Waals surface area contributed by atoms with Crippen molar-refractivity contribution in [3.05, 3.63) is 12.2 Å². The van der Waals surface area contributed by atoms with Crippen molar-refractivity contribution in [2.75, 3.05) is 0 Å². The van der Waals surface area contributed by atoms with E-state index in [1.807, 2.05) is 13.0 Å². The van der Waals surface area contributed by atoms with Crippen LogP contribution in [0.3, 0.4) is 0 Å². The monoisotopic (exact) mass is 322 g/mol. The molecule has 1 aliphatic rings. The van der Waals surface area contributed by atoms with Gasteiger partial charge in [0.15, 0.2) is 0 Å². The number of carboxylic acids is 1. The molecule has 0 heterocycles. The number of carbonyl (C=O) groups is 2. The lowest BCUT2D eigenvalue weighted by Gasteiger charge is -2.24. The summed E-state index contributed by atoms with van der Waals surface area (Å²) in [5, 5.41) is 8.84. The molecule has 23 heavy (non-hydrogen) atoms. The summed E-state index contributed by atoms with van der Waals surface area (Å²) in [5.74, 6) is -0.600. The molecule has 0 spiro atoms. The van der Waals surface area contributed by atoms with Gasteiger partial charge < -0.3 is 9.90 Å². The number of carboxylic acid groups (broad SMARTS) is 1. The molecule has 0 aromatic rings. The Bertz CT molecular complexity index is 367. The van der Waals surface area contributed by atoms with Crippen LogP contribution in [0.2, 0.25) is 0 Å². The van der Waals surface area contributed by atoms with E-state index >= 15 is 0 Å². The summed E-state index contributed by atoms with van der Waals surface area (Å²) in [7, 11) is 0. The SMILES string of the molecule is CC(C=O)CCCCCCCCCC1(C=CC(=O)O)CCCC1. The maximum atomic E-state index is 10.8. The highest BCUT2D eigenvalue weighted by molar-refractivity contribution is 5.79. The zero-order valence-electron chi connectivity index (χ0n) is 14.8. The Hall–Kier alpha value is -1.12. The molecule has 0 amide bonds. The molecule has 132 valence electrons. The Labute approximate surface area is 141 Å². The number of hydrogen-bond donors (Lipinski definition) is 1. The second kappa shape index (κ2) is 11.4. The molecular formula is C20H34O3. The Morgan fingerprint density at radius 1 is 1.04 bits per heavy atom. The first-order valence-corrected chi connectivity index (χ1v) is 9.45. The Kier molecular flexibility index (Phi) is 9.89. The van der Waals surface area contributed by atoms with Gasteiger partial charge in [0.2, 0.25) is 0 Å². The molecule has 1 aliphatic carbocycles. The molecule has 1 atom stereocenters. The lowest BCUT2D eigenvalue weighted by atomic mass is 9.80. The predicted octanol–water partition coefficient (Wildman–Crippen LogP) is 5.53. The molecule has 0 radical (unpaired) electrons. The van der Waals surface area contributed by atoms with Gasteiger partial charge >= 0.3 is 5.97 Å². The average Bonchev–Trinajstić information content (AvgIpc) is 3.00. The van der Waals surface area contributed by atoms with Crippen molar-refractivity contribution in [2.45, 2.75) is 90.4 Å². The van der Waals surface area contributed by atoms with Gasteiger partial charge in [0.25, 0.3) is 0 Å². The van der Waals surface area contributed by atoms with Crippen LogP contribution in [0.1, 0.15) is 90.4 Å². The number of rotatable bonds is 13. The lowest BCUT2D eigenvalue weighted by molar-refractivity contribution is -0.131. The van der Waals surface area contributed by atoms with Gasteiger partial charge in [-0.15, -0.1) is 0 Å². The third kappa shape index (κ3) is 8.92. The van der Waals surface area contributed by atoms with Crippen LogP contribution in [0.25, 0.3) is 0 Å². The minimum Gasteiger partial charge on any atom is -0.478 e. The van der Waals surface area contributed by atoms with Crippen LogP contribution in [-0.2, 0) is 9.59 Å². The summed E-state index contributed by atoms with van der Waals surface area (Å²) in [6, 6.07) is 0. The number of carbonyl (C=O) groups excluding carboxylic acids is 1. The molecule has 0 bridgehead atoms. The molecule has 3 heteroatoms. The normalized spacial score (nSPS) is 18.3. The molecule has 1 saturated carbocycles. The van der Waals surface area contributed by atoms with Gasteiger partial charge in [-0.25, -0.2) is 4.79 Å². The molecule has 0 saturated heterocycles. The molecule has 1 N–H and O–H groups in total. The van der Waals surface area contributed by atoms with E-state index in [0.29, 0.717) is 0 Å². The van der Waals surface area contributed by atoms with E-state index in [2.05, 4.69) is 0 Å². The number of aliphatic carboxylic acids is 1. The number of unbranched alkanes of at least 4 members (excludes halogenated alkanes) is 6. The summed E-state index contributed by atoms with van der Waals surface area (Å²) in [4.78, 5) is 21.3. The van der Waals surface area contributed by atoms with Crippen LogP contribution in [0.4, 0.5) is 0 Å². The number of aldehydes is 1. The molecule has 0 aromatic carbocycles. The third-order valence-corrected chi connectivity index (χ3v) is 5.25. The van der Waals surface area contributed by atoms with Crippen LogP contribution in [0.15, 0.2) is 12.2 Å². The first-order chi connectivity index (χ1) is 11.1. The highest BCUT2D eigenvalue weighted by Crippen LogP contribution is 2.43. The maximum absolute atomic E-state index is 10.8. The minimum atomic E-state index is -0.819. The largest absolute Gasteiger partial charge is 0.478 e. The topological polar surface area (TPSA) is 54.4 Å². The van der Waals surface area contributed by atoms with E-state index in [4.69, 9.17) is 5.11 Å². The fraction of sp³-hybridized carbons (Fsp3) is 0.800. The fourth-order valence-electron chi connectivity index (χ4n) is 3.72. The average molecular weight is 322 g/mol. The Balaban J connectivity index is 2.06. The highest BCUT2D eigenvalue weighted by Gasteiger charge is 2.30. The van der Waals surface area contributed by atoms with Crippen molar-refractivity contribution in [1.29, 1.82) is 0 Å². The molecule has 1 fully saturated rings. The predicted molar refractivity (Wildman–Crippen MR) is 94.5 cm³/mol. The fourth-order valence-corrected chi connectivity index (χ4v) is 3.72. The van der Waals surface area contributed by atoms with Gasteiger partial charge in [-0.1, -0.05) is 70.8 Å². The van der Waals surface area contributed by atoms with Crippen LogP contribution in [0.5, 0.6) is 0 Å². The molecule has 3 nitrogen and oxygen atoms in total. The first-order valence-electron chi connectivity index (χ1n) is 9.45. The molecular weight excluding hydrogens is 288 g/mol. The molecule has 0 aromatic heterocycles. The summed E-state index contributed by atoms with van der Waals surface area (Å²) >= 11 is 0. The van der Waals surface area contributed by atoms with E-state index in [1.165, 1.54) is 63.9 Å². The number of allylic oxidation sites excluding steroid dienone is 1. The van der Waals surface area contributed by atoms with Gasteiger partial charge in [0.1, 0.15) is 6.29 Å². The summed E-state index contributed by atoms with van der Waals surface area (Å²) in [6.07, 6.45) is 20.1. The first kappa shape index (κ1) is 19.9. The second-order valence-corrected chi connectivity index (χ2v) is 7.37. The van der Waals surface area contributed by atoms with Gasteiger partial charge in [-0.05, 0) is 31.1 Å². The van der Waals surface area contributed by atoms with E-state index < -0.39 is 5.97 Å². The molecule has 1 unspecified atom stereocenters.